The minimum absolute atomic E-state index is 0.00384. The second kappa shape index (κ2) is 5.39. The van der Waals surface area contributed by atoms with Crippen molar-refractivity contribution in [3.63, 3.8) is 0 Å². The lowest BCUT2D eigenvalue weighted by Crippen LogP contribution is -2.33. The van der Waals surface area contributed by atoms with Crippen molar-refractivity contribution in [3.8, 4) is 0 Å². The van der Waals surface area contributed by atoms with Crippen molar-refractivity contribution in [2.45, 2.75) is 44.6 Å². The van der Waals surface area contributed by atoms with Gasteiger partial charge in [-0.3, -0.25) is 9.59 Å². The first kappa shape index (κ1) is 12.9. The Bertz CT molecular complexity index is 386. The predicted molar refractivity (Wildman–Crippen MR) is 64.7 cm³/mol. The number of nitrogens with two attached hydrogens (primary N) is 2. The van der Waals surface area contributed by atoms with Gasteiger partial charge in [-0.1, -0.05) is 0 Å². The summed E-state index contributed by atoms with van der Waals surface area (Å²) < 4.78 is 0. The van der Waals surface area contributed by atoms with Crippen molar-refractivity contribution < 1.29 is 14.4 Å². The highest BCUT2D eigenvalue weighted by atomic mass is 16.7. The molecule has 100 valence electrons. The molecule has 1 aliphatic carbocycles. The average Bonchev–Trinajstić information content (AvgIpc) is 3.08. The second-order valence-electron chi connectivity index (χ2n) is 4.77. The third kappa shape index (κ3) is 3.22. The number of nitrogens with zero attached hydrogens (tertiary/aromatic N) is 1. The fourth-order valence-electron chi connectivity index (χ4n) is 1.97. The van der Waals surface area contributed by atoms with Gasteiger partial charge in [0.05, 0.1) is 12.6 Å². The van der Waals surface area contributed by atoms with Gasteiger partial charge in [-0.2, -0.15) is 5.06 Å². The van der Waals surface area contributed by atoms with Crippen LogP contribution in [0.25, 0.3) is 0 Å². The molecule has 2 amide bonds. The summed E-state index contributed by atoms with van der Waals surface area (Å²) in [5, 5.41) is 1.38. The maximum absolute atomic E-state index is 11.5. The normalized spacial score (nSPS) is 19.9. The quantitative estimate of drug-likeness (QED) is 0.660. The number of rotatable bonds is 6. The first-order chi connectivity index (χ1) is 8.58. The van der Waals surface area contributed by atoms with Gasteiger partial charge in [-0.05, 0) is 31.3 Å². The molecule has 1 heterocycles. The molecule has 0 bridgehead atoms. The van der Waals surface area contributed by atoms with Gasteiger partial charge >= 0.3 is 0 Å². The lowest BCUT2D eigenvalue weighted by Gasteiger charge is -2.22. The van der Waals surface area contributed by atoms with Gasteiger partial charge in [0.15, 0.2) is 0 Å². The van der Waals surface area contributed by atoms with Crippen LogP contribution in [0.1, 0.15) is 38.5 Å². The summed E-state index contributed by atoms with van der Waals surface area (Å²) >= 11 is 0. The minimum atomic E-state index is -0.372. The summed E-state index contributed by atoms with van der Waals surface area (Å²) in [7, 11) is 0. The van der Waals surface area contributed by atoms with Crippen LogP contribution in [-0.4, -0.2) is 29.5 Å². The van der Waals surface area contributed by atoms with Crippen LogP contribution >= 0.6 is 0 Å². The Labute approximate surface area is 106 Å². The molecule has 2 aliphatic rings. The summed E-state index contributed by atoms with van der Waals surface area (Å²) in [6, 6.07) is -0.358. The zero-order valence-electron chi connectivity index (χ0n) is 10.4. The summed E-state index contributed by atoms with van der Waals surface area (Å²) in [6.07, 6.45) is 3.95. The van der Waals surface area contributed by atoms with E-state index in [4.69, 9.17) is 16.3 Å². The predicted octanol–water partition coefficient (Wildman–Crippen LogP) is 0.181. The van der Waals surface area contributed by atoms with E-state index in [-0.39, 0.29) is 24.3 Å². The molecule has 0 aromatic rings. The van der Waals surface area contributed by atoms with Crippen LogP contribution in [0.4, 0.5) is 0 Å². The van der Waals surface area contributed by atoms with E-state index < -0.39 is 0 Å². The van der Waals surface area contributed by atoms with E-state index in [1.54, 1.807) is 0 Å². The molecule has 0 aromatic carbocycles. The molecule has 0 aromatic heterocycles. The molecule has 0 radical (unpaired) electrons. The smallest absolute Gasteiger partial charge is 0.255 e. The number of carbonyl (C=O) groups excluding carboxylic acids is 2. The molecule has 1 atom stereocenters. The van der Waals surface area contributed by atoms with Gasteiger partial charge < -0.3 is 16.3 Å². The summed E-state index contributed by atoms with van der Waals surface area (Å²) in [5.41, 5.74) is 12.2. The molecule has 6 heteroatoms. The lowest BCUT2D eigenvalue weighted by molar-refractivity contribution is -0.165. The first-order valence-corrected chi connectivity index (χ1v) is 6.32. The van der Waals surface area contributed by atoms with Crippen LogP contribution in [-0.2, 0) is 14.4 Å². The molecule has 1 saturated heterocycles. The maximum atomic E-state index is 11.5. The number of allylic oxidation sites excluding steroid dienone is 1. The van der Waals surface area contributed by atoms with E-state index in [1.807, 2.05) is 0 Å². The molecule has 0 spiro atoms. The zero-order chi connectivity index (χ0) is 13.1. The Morgan fingerprint density at radius 3 is 2.61 bits per heavy atom. The van der Waals surface area contributed by atoms with E-state index in [9.17, 15) is 9.59 Å². The zero-order valence-corrected chi connectivity index (χ0v) is 10.4. The minimum Gasteiger partial charge on any atom is -0.380 e. The monoisotopic (exact) mass is 253 g/mol. The molecule has 1 unspecified atom stereocenters. The third-order valence-corrected chi connectivity index (χ3v) is 3.13. The summed E-state index contributed by atoms with van der Waals surface area (Å²) in [4.78, 5) is 27.9. The molecule has 1 aliphatic heterocycles. The van der Waals surface area contributed by atoms with Gasteiger partial charge in [0.2, 0.25) is 5.91 Å². The number of hydrogen-bond donors (Lipinski definition) is 2. The fourth-order valence-corrected chi connectivity index (χ4v) is 1.97. The molecule has 18 heavy (non-hydrogen) atoms. The third-order valence-electron chi connectivity index (χ3n) is 3.13. The van der Waals surface area contributed by atoms with Crippen molar-refractivity contribution in [2.75, 3.05) is 6.54 Å². The van der Waals surface area contributed by atoms with E-state index in [0.29, 0.717) is 25.1 Å². The van der Waals surface area contributed by atoms with Crippen molar-refractivity contribution >= 4 is 11.8 Å². The van der Waals surface area contributed by atoms with Crippen LogP contribution < -0.4 is 11.5 Å². The van der Waals surface area contributed by atoms with E-state index in [1.165, 1.54) is 5.06 Å². The molecule has 2 rings (SSSR count). The number of hydroxylamine groups is 2. The summed E-state index contributed by atoms with van der Waals surface area (Å²) in [6.45, 7) is 0.609. The molecular weight excluding hydrogens is 234 g/mol. The molecular formula is C12H19N3O3. The molecule has 2 fully saturated rings. The van der Waals surface area contributed by atoms with E-state index in [2.05, 4.69) is 0 Å². The molecule has 6 nitrogen and oxygen atoms in total. The Balaban J connectivity index is 1.95. The van der Waals surface area contributed by atoms with Gasteiger partial charge in [-0.15, -0.1) is 0 Å². The second-order valence-corrected chi connectivity index (χ2v) is 4.77. The van der Waals surface area contributed by atoms with Gasteiger partial charge in [0.25, 0.3) is 5.91 Å². The molecule has 1 saturated carbocycles. The van der Waals surface area contributed by atoms with Gasteiger partial charge in [0, 0.05) is 12.8 Å². The average molecular weight is 253 g/mol. The SMILES string of the molecule is NC(=O)CCC(N)C(ON1CCCC1=O)=C1CC1. The molecule has 4 N–H and O–H groups in total. The van der Waals surface area contributed by atoms with Crippen LogP contribution in [0, 0.1) is 0 Å². The number of primary amides is 1. The van der Waals surface area contributed by atoms with Crippen molar-refractivity contribution in [3.05, 3.63) is 11.3 Å². The lowest BCUT2D eigenvalue weighted by atomic mass is 10.1. The summed E-state index contributed by atoms with van der Waals surface area (Å²) in [5.74, 6) is 0.283. The van der Waals surface area contributed by atoms with Gasteiger partial charge in [0.1, 0.15) is 5.76 Å². The fraction of sp³-hybridized carbons (Fsp3) is 0.667. The first-order valence-electron chi connectivity index (χ1n) is 6.32. The Morgan fingerprint density at radius 2 is 2.11 bits per heavy atom. The number of amides is 2. The van der Waals surface area contributed by atoms with Crippen molar-refractivity contribution in [2.24, 2.45) is 11.5 Å². The van der Waals surface area contributed by atoms with Crippen molar-refractivity contribution in [1.29, 1.82) is 0 Å². The number of carbonyl (C=O) groups is 2. The largest absolute Gasteiger partial charge is 0.380 e. The number of hydrogen-bond acceptors (Lipinski definition) is 4. The highest BCUT2D eigenvalue weighted by Crippen LogP contribution is 2.34. The van der Waals surface area contributed by atoms with Crippen LogP contribution in [0.5, 0.6) is 0 Å². The van der Waals surface area contributed by atoms with Crippen molar-refractivity contribution in [1.82, 2.24) is 5.06 Å². The van der Waals surface area contributed by atoms with E-state index in [0.717, 1.165) is 24.8 Å². The topological polar surface area (TPSA) is 98.7 Å². The standard InChI is InChI=1S/C12H19N3O3/c13-9(5-6-10(14)16)12(8-3-4-8)18-15-7-1-2-11(15)17/h9H,1-7,13H2,(H2,14,16). The Hall–Kier alpha value is -1.56. The van der Waals surface area contributed by atoms with Crippen LogP contribution in [0.2, 0.25) is 0 Å². The van der Waals surface area contributed by atoms with Gasteiger partial charge in [-0.25, -0.2) is 0 Å². The Kier molecular flexibility index (Phi) is 3.86. The van der Waals surface area contributed by atoms with Crippen LogP contribution in [0.15, 0.2) is 11.3 Å². The maximum Gasteiger partial charge on any atom is 0.255 e. The highest BCUT2D eigenvalue weighted by molar-refractivity contribution is 5.77. The van der Waals surface area contributed by atoms with Crippen LogP contribution in [0.3, 0.4) is 0 Å². The Morgan fingerprint density at radius 1 is 1.39 bits per heavy atom. The van der Waals surface area contributed by atoms with E-state index >= 15 is 0 Å². The highest BCUT2D eigenvalue weighted by Gasteiger charge is 2.29.